The lowest BCUT2D eigenvalue weighted by molar-refractivity contribution is -0.137. The molecule has 80 valence electrons. The number of H-pyrrole nitrogens is 1. The minimum atomic E-state index is -4.48. The molecule has 2 aromatic rings. The number of rotatable bonds is 0. The number of benzene rings is 1. The zero-order valence-corrected chi connectivity index (χ0v) is 7.95. The second-order valence-electron chi connectivity index (χ2n) is 2.97. The molecule has 0 atom stereocenters. The lowest BCUT2D eigenvalue weighted by Crippen LogP contribution is -2.05. The van der Waals surface area contributed by atoms with Crippen molar-refractivity contribution in [1.29, 1.82) is 0 Å². The number of nitrogens with two attached hydrogens (primary N) is 1. The summed E-state index contributed by atoms with van der Waals surface area (Å²) < 4.78 is 37.3. The third-order valence-electron chi connectivity index (χ3n) is 1.89. The second kappa shape index (κ2) is 3.03. The molecule has 0 saturated carbocycles. The largest absolute Gasteiger partial charge is 0.417 e. The Morgan fingerprint density at radius 3 is 2.60 bits per heavy atom. The van der Waals surface area contributed by atoms with Gasteiger partial charge in [-0.25, -0.2) is 4.98 Å². The number of anilines is 1. The van der Waals surface area contributed by atoms with Crippen LogP contribution in [0, 0.1) is 0 Å². The van der Waals surface area contributed by atoms with Crippen molar-refractivity contribution in [2.75, 3.05) is 5.73 Å². The molecular formula is C8H5ClF3N3. The normalized spacial score (nSPS) is 12.3. The summed E-state index contributed by atoms with van der Waals surface area (Å²) >= 11 is 5.48. The molecule has 7 heteroatoms. The molecule has 1 aromatic heterocycles. The Morgan fingerprint density at radius 1 is 1.33 bits per heavy atom. The SMILES string of the molecule is Nc1nc2cc(Cl)c(C(F)(F)F)cc2[nH]1. The molecule has 0 amide bonds. The van der Waals surface area contributed by atoms with E-state index < -0.39 is 11.7 Å². The van der Waals surface area contributed by atoms with Crippen LogP contribution in [0.15, 0.2) is 12.1 Å². The number of alkyl halides is 3. The lowest BCUT2D eigenvalue weighted by Gasteiger charge is -2.07. The maximum absolute atomic E-state index is 12.4. The van der Waals surface area contributed by atoms with Gasteiger partial charge in [0.15, 0.2) is 5.95 Å². The molecule has 0 aliphatic rings. The topological polar surface area (TPSA) is 54.7 Å². The van der Waals surface area contributed by atoms with Gasteiger partial charge in [-0.3, -0.25) is 0 Å². The number of hydrogen-bond acceptors (Lipinski definition) is 2. The smallest absolute Gasteiger partial charge is 0.369 e. The number of nitrogen functional groups attached to an aromatic ring is 1. The summed E-state index contributed by atoms with van der Waals surface area (Å²) in [5.74, 6) is 0.0559. The Labute approximate surface area is 87.0 Å². The first-order valence-corrected chi connectivity index (χ1v) is 4.27. The number of aromatic amines is 1. The Kier molecular flexibility index (Phi) is 2.04. The van der Waals surface area contributed by atoms with Gasteiger partial charge in [-0.15, -0.1) is 0 Å². The minimum absolute atomic E-state index is 0.0559. The van der Waals surface area contributed by atoms with Crippen LogP contribution in [-0.2, 0) is 6.18 Å². The molecule has 3 nitrogen and oxygen atoms in total. The molecule has 2 rings (SSSR count). The number of fused-ring (bicyclic) bond motifs is 1. The predicted octanol–water partition coefficient (Wildman–Crippen LogP) is 2.82. The van der Waals surface area contributed by atoms with E-state index in [1.165, 1.54) is 0 Å². The van der Waals surface area contributed by atoms with Crippen molar-refractivity contribution in [1.82, 2.24) is 9.97 Å². The molecule has 1 heterocycles. The molecule has 1 aromatic carbocycles. The van der Waals surface area contributed by atoms with Crippen LogP contribution in [0.25, 0.3) is 11.0 Å². The standard InChI is InChI=1S/C8H5ClF3N3/c9-4-2-6-5(14-7(13)15-6)1-3(4)8(10,11)12/h1-2H,(H3,13,14,15). The average molecular weight is 236 g/mol. The Hall–Kier alpha value is -1.43. The van der Waals surface area contributed by atoms with Crippen LogP contribution in [0.4, 0.5) is 19.1 Å². The van der Waals surface area contributed by atoms with Gasteiger partial charge in [-0.2, -0.15) is 13.2 Å². The van der Waals surface area contributed by atoms with E-state index in [4.69, 9.17) is 17.3 Å². The van der Waals surface area contributed by atoms with Crippen LogP contribution in [0.1, 0.15) is 5.56 Å². The highest BCUT2D eigenvalue weighted by Gasteiger charge is 2.33. The fraction of sp³-hybridized carbons (Fsp3) is 0.125. The summed E-state index contributed by atoms with van der Waals surface area (Å²) in [6.07, 6.45) is -4.48. The van der Waals surface area contributed by atoms with Gasteiger partial charge in [0, 0.05) is 0 Å². The number of hydrogen-bond donors (Lipinski definition) is 2. The van der Waals surface area contributed by atoms with Gasteiger partial charge in [-0.05, 0) is 12.1 Å². The van der Waals surface area contributed by atoms with E-state index in [9.17, 15) is 13.2 Å². The number of imidazole rings is 1. The average Bonchev–Trinajstić information content (AvgIpc) is 2.40. The molecule has 0 unspecified atom stereocenters. The van der Waals surface area contributed by atoms with Gasteiger partial charge in [0.1, 0.15) is 0 Å². The summed E-state index contributed by atoms with van der Waals surface area (Å²) in [5, 5.41) is -0.387. The highest BCUT2D eigenvalue weighted by molar-refractivity contribution is 6.32. The Balaban J connectivity index is 2.72. The van der Waals surface area contributed by atoms with Crippen LogP contribution in [0.2, 0.25) is 5.02 Å². The fourth-order valence-electron chi connectivity index (χ4n) is 1.27. The fourth-order valence-corrected chi connectivity index (χ4v) is 1.53. The van der Waals surface area contributed by atoms with Crippen molar-refractivity contribution in [2.45, 2.75) is 6.18 Å². The van der Waals surface area contributed by atoms with Crippen molar-refractivity contribution in [2.24, 2.45) is 0 Å². The second-order valence-corrected chi connectivity index (χ2v) is 3.38. The van der Waals surface area contributed by atoms with E-state index in [2.05, 4.69) is 9.97 Å². The summed E-state index contributed by atoms with van der Waals surface area (Å²) in [6.45, 7) is 0. The molecule has 0 aliphatic heterocycles. The third kappa shape index (κ3) is 1.72. The van der Waals surface area contributed by atoms with Crippen molar-refractivity contribution in [3.8, 4) is 0 Å². The van der Waals surface area contributed by atoms with Gasteiger partial charge in [0.25, 0.3) is 0 Å². The zero-order chi connectivity index (χ0) is 11.2. The molecule has 0 aliphatic carbocycles. The molecule has 0 spiro atoms. The molecule has 0 saturated heterocycles. The van der Waals surface area contributed by atoms with Crippen LogP contribution in [0.3, 0.4) is 0 Å². The van der Waals surface area contributed by atoms with E-state index in [1.807, 2.05) is 0 Å². The number of nitrogens with zero attached hydrogens (tertiary/aromatic N) is 1. The van der Waals surface area contributed by atoms with Crippen LogP contribution in [0.5, 0.6) is 0 Å². The first-order valence-electron chi connectivity index (χ1n) is 3.90. The number of halogens is 4. The predicted molar refractivity (Wildman–Crippen MR) is 50.5 cm³/mol. The van der Waals surface area contributed by atoms with Gasteiger partial charge in [0.2, 0.25) is 0 Å². The molecular weight excluding hydrogens is 231 g/mol. The maximum Gasteiger partial charge on any atom is 0.417 e. The van der Waals surface area contributed by atoms with Crippen molar-refractivity contribution in [3.63, 3.8) is 0 Å². The van der Waals surface area contributed by atoms with Gasteiger partial charge in [0.05, 0.1) is 21.6 Å². The minimum Gasteiger partial charge on any atom is -0.369 e. The summed E-state index contributed by atoms with van der Waals surface area (Å²) in [4.78, 5) is 6.27. The van der Waals surface area contributed by atoms with Crippen LogP contribution in [-0.4, -0.2) is 9.97 Å². The van der Waals surface area contributed by atoms with Crippen molar-refractivity contribution in [3.05, 3.63) is 22.7 Å². The third-order valence-corrected chi connectivity index (χ3v) is 2.21. The summed E-state index contributed by atoms with van der Waals surface area (Å²) in [5.41, 5.74) is 4.93. The van der Waals surface area contributed by atoms with Crippen molar-refractivity contribution < 1.29 is 13.2 Å². The Morgan fingerprint density at radius 2 is 2.00 bits per heavy atom. The monoisotopic (exact) mass is 235 g/mol. The van der Waals surface area contributed by atoms with E-state index in [0.717, 1.165) is 12.1 Å². The molecule has 15 heavy (non-hydrogen) atoms. The van der Waals surface area contributed by atoms with E-state index in [0.29, 0.717) is 5.52 Å². The highest BCUT2D eigenvalue weighted by Crippen LogP contribution is 2.36. The summed E-state index contributed by atoms with van der Waals surface area (Å²) in [7, 11) is 0. The quantitative estimate of drug-likeness (QED) is 0.738. The van der Waals surface area contributed by atoms with Gasteiger partial charge in [-0.1, -0.05) is 11.6 Å². The highest BCUT2D eigenvalue weighted by atomic mass is 35.5. The lowest BCUT2D eigenvalue weighted by atomic mass is 10.2. The van der Waals surface area contributed by atoms with Crippen molar-refractivity contribution >= 4 is 28.6 Å². The van der Waals surface area contributed by atoms with Gasteiger partial charge < -0.3 is 10.7 Å². The van der Waals surface area contributed by atoms with Crippen LogP contribution < -0.4 is 5.73 Å². The van der Waals surface area contributed by atoms with Gasteiger partial charge >= 0.3 is 6.18 Å². The first kappa shape index (κ1) is 10.1. The Bertz CT molecular complexity index is 518. The number of nitrogens with one attached hydrogen (secondary N) is 1. The maximum atomic E-state index is 12.4. The molecule has 0 radical (unpaired) electrons. The summed E-state index contributed by atoms with van der Waals surface area (Å²) in [6, 6.07) is 2.02. The van der Waals surface area contributed by atoms with Crippen LogP contribution >= 0.6 is 11.6 Å². The van der Waals surface area contributed by atoms with E-state index in [1.54, 1.807) is 0 Å². The molecule has 0 bridgehead atoms. The zero-order valence-electron chi connectivity index (χ0n) is 7.19. The van der Waals surface area contributed by atoms with E-state index in [-0.39, 0.29) is 16.5 Å². The van der Waals surface area contributed by atoms with E-state index >= 15 is 0 Å². The first-order chi connectivity index (χ1) is 6.88. The number of aromatic nitrogens is 2. The molecule has 0 fully saturated rings. The molecule has 3 N–H and O–H groups in total.